The molecule has 1 aromatic rings. The summed E-state index contributed by atoms with van der Waals surface area (Å²) in [5.74, 6) is -2.22. The number of anilines is 1. The summed E-state index contributed by atoms with van der Waals surface area (Å²) < 4.78 is 42.1. The first-order valence-corrected chi connectivity index (χ1v) is 5.83. The lowest BCUT2D eigenvalue weighted by atomic mass is 9.85. The molecule has 1 amide bonds. The van der Waals surface area contributed by atoms with Crippen molar-refractivity contribution in [1.82, 2.24) is 15.6 Å². The SMILES string of the molecule is Nc1nonc1C(=O)NC1CCCC(C(F)(F)F)C1. The van der Waals surface area contributed by atoms with Crippen LogP contribution in [0.3, 0.4) is 0 Å². The molecule has 3 N–H and O–H groups in total. The number of halogens is 3. The number of nitrogens with two attached hydrogens (primary N) is 1. The number of nitrogen functional groups attached to an aromatic ring is 1. The Hall–Kier alpha value is -1.80. The summed E-state index contributed by atoms with van der Waals surface area (Å²) >= 11 is 0. The molecule has 0 spiro atoms. The van der Waals surface area contributed by atoms with Gasteiger partial charge < -0.3 is 11.1 Å². The molecule has 0 radical (unpaired) electrons. The number of hydrogen-bond acceptors (Lipinski definition) is 5. The number of hydrogen-bond donors (Lipinski definition) is 2. The van der Waals surface area contributed by atoms with Crippen LogP contribution in [0.4, 0.5) is 19.0 Å². The van der Waals surface area contributed by atoms with Crippen LogP contribution in [0, 0.1) is 5.92 Å². The normalized spacial score (nSPS) is 24.2. The summed E-state index contributed by atoms with van der Waals surface area (Å²) in [5, 5.41) is 9.02. The number of nitrogens with zero attached hydrogens (tertiary/aromatic N) is 2. The van der Waals surface area contributed by atoms with Gasteiger partial charge in [0.2, 0.25) is 11.5 Å². The van der Waals surface area contributed by atoms with E-state index < -0.39 is 24.0 Å². The largest absolute Gasteiger partial charge is 0.391 e. The number of carbonyl (C=O) groups excluding carboxylic acids is 1. The lowest BCUT2D eigenvalue weighted by Gasteiger charge is -2.30. The van der Waals surface area contributed by atoms with Gasteiger partial charge in [0.05, 0.1) is 5.92 Å². The van der Waals surface area contributed by atoms with E-state index in [1.165, 1.54) is 0 Å². The van der Waals surface area contributed by atoms with Gasteiger partial charge in [-0.2, -0.15) is 13.2 Å². The summed E-state index contributed by atoms with van der Waals surface area (Å²) in [5.41, 5.74) is 5.14. The zero-order chi connectivity index (χ0) is 14.0. The van der Waals surface area contributed by atoms with Crippen LogP contribution in [0.2, 0.25) is 0 Å². The highest BCUT2D eigenvalue weighted by atomic mass is 19.4. The van der Waals surface area contributed by atoms with E-state index in [1.54, 1.807) is 0 Å². The van der Waals surface area contributed by atoms with Crippen LogP contribution in [0.1, 0.15) is 36.2 Å². The molecule has 2 unspecified atom stereocenters. The molecule has 2 rings (SSSR count). The van der Waals surface area contributed by atoms with E-state index in [0.717, 1.165) is 0 Å². The fourth-order valence-electron chi connectivity index (χ4n) is 2.22. The molecule has 1 aliphatic rings. The molecule has 0 saturated heterocycles. The van der Waals surface area contributed by atoms with Crippen LogP contribution in [0.25, 0.3) is 0 Å². The fourth-order valence-corrected chi connectivity index (χ4v) is 2.22. The van der Waals surface area contributed by atoms with Gasteiger partial charge in [-0.1, -0.05) is 6.42 Å². The number of rotatable bonds is 2. The Kier molecular flexibility index (Phi) is 3.63. The van der Waals surface area contributed by atoms with E-state index in [2.05, 4.69) is 20.3 Å². The summed E-state index contributed by atoms with van der Waals surface area (Å²) in [6.07, 6.45) is -3.33. The van der Waals surface area contributed by atoms with Crippen molar-refractivity contribution in [2.45, 2.75) is 37.9 Å². The van der Waals surface area contributed by atoms with Gasteiger partial charge in [-0.3, -0.25) is 4.79 Å². The Morgan fingerprint density at radius 1 is 1.37 bits per heavy atom. The Bertz CT molecular complexity index is 460. The molecule has 1 aromatic heterocycles. The summed E-state index contributed by atoms with van der Waals surface area (Å²) in [6, 6.07) is -0.538. The molecule has 19 heavy (non-hydrogen) atoms. The maximum atomic E-state index is 12.6. The third-order valence-electron chi connectivity index (χ3n) is 3.20. The average molecular weight is 278 g/mol. The van der Waals surface area contributed by atoms with Gasteiger partial charge in [0, 0.05) is 6.04 Å². The van der Waals surface area contributed by atoms with Crippen molar-refractivity contribution in [2.75, 3.05) is 5.73 Å². The van der Waals surface area contributed by atoms with E-state index in [0.29, 0.717) is 12.8 Å². The van der Waals surface area contributed by atoms with E-state index >= 15 is 0 Å². The van der Waals surface area contributed by atoms with Gasteiger partial charge in [-0.05, 0) is 29.6 Å². The molecule has 2 atom stereocenters. The zero-order valence-electron chi connectivity index (χ0n) is 9.91. The Morgan fingerprint density at radius 3 is 2.68 bits per heavy atom. The van der Waals surface area contributed by atoms with Crippen LogP contribution in [0.15, 0.2) is 4.63 Å². The average Bonchev–Trinajstić information content (AvgIpc) is 2.75. The second kappa shape index (κ2) is 5.06. The minimum absolute atomic E-state index is 0.101. The van der Waals surface area contributed by atoms with E-state index in [9.17, 15) is 18.0 Å². The third-order valence-corrected chi connectivity index (χ3v) is 3.20. The first kappa shape index (κ1) is 13.6. The van der Waals surface area contributed by atoms with Crippen LogP contribution < -0.4 is 11.1 Å². The molecule has 1 heterocycles. The van der Waals surface area contributed by atoms with Crippen LogP contribution in [0.5, 0.6) is 0 Å². The lowest BCUT2D eigenvalue weighted by Crippen LogP contribution is -2.41. The topological polar surface area (TPSA) is 94.0 Å². The predicted octanol–water partition coefficient (Wildman–Crippen LogP) is 1.50. The zero-order valence-corrected chi connectivity index (χ0v) is 9.91. The second-order valence-corrected chi connectivity index (χ2v) is 4.57. The van der Waals surface area contributed by atoms with Crippen molar-refractivity contribution in [2.24, 2.45) is 5.92 Å². The quantitative estimate of drug-likeness (QED) is 0.855. The minimum Gasteiger partial charge on any atom is -0.379 e. The predicted molar refractivity (Wildman–Crippen MR) is 58.0 cm³/mol. The Labute approximate surface area is 106 Å². The number of aromatic nitrogens is 2. The molecule has 9 heteroatoms. The van der Waals surface area contributed by atoms with Crippen molar-refractivity contribution in [1.29, 1.82) is 0 Å². The lowest BCUT2D eigenvalue weighted by molar-refractivity contribution is -0.183. The molecule has 6 nitrogen and oxygen atoms in total. The van der Waals surface area contributed by atoms with Crippen molar-refractivity contribution in [3.8, 4) is 0 Å². The Morgan fingerprint density at radius 2 is 2.11 bits per heavy atom. The highest BCUT2D eigenvalue weighted by Crippen LogP contribution is 2.37. The number of nitrogens with one attached hydrogen (secondary N) is 1. The maximum Gasteiger partial charge on any atom is 0.391 e. The van der Waals surface area contributed by atoms with Gasteiger partial charge in [0.1, 0.15) is 0 Å². The highest BCUT2D eigenvalue weighted by Gasteiger charge is 2.42. The first-order chi connectivity index (χ1) is 8.88. The third kappa shape index (κ3) is 3.15. The highest BCUT2D eigenvalue weighted by molar-refractivity contribution is 5.96. The fraction of sp³-hybridized carbons (Fsp3) is 0.700. The van der Waals surface area contributed by atoms with Crippen molar-refractivity contribution < 1.29 is 22.6 Å². The summed E-state index contributed by atoms with van der Waals surface area (Å²) in [7, 11) is 0. The summed E-state index contributed by atoms with van der Waals surface area (Å²) in [4.78, 5) is 11.7. The maximum absolute atomic E-state index is 12.6. The van der Waals surface area contributed by atoms with E-state index in [1.807, 2.05) is 0 Å². The number of alkyl halides is 3. The molecule has 0 aliphatic heterocycles. The van der Waals surface area contributed by atoms with Crippen molar-refractivity contribution in [3.05, 3.63) is 5.69 Å². The van der Waals surface area contributed by atoms with Gasteiger partial charge in [0.25, 0.3) is 5.91 Å². The first-order valence-electron chi connectivity index (χ1n) is 5.83. The van der Waals surface area contributed by atoms with Crippen LogP contribution in [-0.2, 0) is 0 Å². The smallest absolute Gasteiger partial charge is 0.379 e. The van der Waals surface area contributed by atoms with Gasteiger partial charge in [-0.25, -0.2) is 4.63 Å². The van der Waals surface area contributed by atoms with Gasteiger partial charge >= 0.3 is 6.18 Å². The Balaban J connectivity index is 1.96. The molecular formula is C10H13F3N4O2. The summed E-state index contributed by atoms with van der Waals surface area (Å²) in [6.45, 7) is 0. The number of amides is 1. The molecule has 1 fully saturated rings. The molecule has 0 aromatic carbocycles. The van der Waals surface area contributed by atoms with E-state index in [4.69, 9.17) is 5.73 Å². The van der Waals surface area contributed by atoms with Crippen molar-refractivity contribution >= 4 is 11.7 Å². The van der Waals surface area contributed by atoms with Crippen LogP contribution in [-0.4, -0.2) is 28.4 Å². The van der Waals surface area contributed by atoms with Gasteiger partial charge in [0.15, 0.2) is 0 Å². The van der Waals surface area contributed by atoms with E-state index in [-0.39, 0.29) is 24.4 Å². The van der Waals surface area contributed by atoms with Crippen LogP contribution >= 0.6 is 0 Å². The monoisotopic (exact) mass is 278 g/mol. The molecule has 106 valence electrons. The number of carbonyl (C=O) groups is 1. The molecular weight excluding hydrogens is 265 g/mol. The standard InChI is InChI=1S/C10H13F3N4O2/c11-10(12,13)5-2-1-3-6(4-5)15-9(18)7-8(14)17-19-16-7/h5-6H,1-4H2,(H2,14,17)(H,15,18). The molecule has 1 aliphatic carbocycles. The van der Waals surface area contributed by atoms with Crippen molar-refractivity contribution in [3.63, 3.8) is 0 Å². The molecule has 1 saturated carbocycles. The minimum atomic E-state index is -4.22. The van der Waals surface area contributed by atoms with Gasteiger partial charge in [-0.15, -0.1) is 0 Å². The second-order valence-electron chi connectivity index (χ2n) is 4.57. The molecule has 0 bridgehead atoms.